The molecule has 1 saturated carbocycles. The molecule has 5 N–H and O–H groups in total. The van der Waals surface area contributed by atoms with Crippen molar-refractivity contribution in [2.24, 2.45) is 11.7 Å². The zero-order valence-electron chi connectivity index (χ0n) is 20.4. The highest BCUT2D eigenvalue weighted by Crippen LogP contribution is 2.38. The molecule has 0 radical (unpaired) electrons. The fraction of sp³-hybridized carbons (Fsp3) is 0.423. The predicted octanol–water partition coefficient (Wildman–Crippen LogP) is 3.59. The van der Waals surface area contributed by atoms with Gasteiger partial charge in [-0.05, 0) is 73.4 Å². The number of phenolic OH excluding ortho intramolecular Hbond substituents is 2. The molecular weight excluding hydrogens is 482 g/mol. The number of halogens is 1. The summed E-state index contributed by atoms with van der Waals surface area (Å²) in [7, 11) is 0. The summed E-state index contributed by atoms with van der Waals surface area (Å²) in [5, 5.41) is 27.4. The van der Waals surface area contributed by atoms with E-state index in [0.717, 1.165) is 36.9 Å². The largest absolute Gasteiger partial charge is 0.508 e. The number of fused-ring (bicyclic) bond motifs is 1. The van der Waals surface area contributed by atoms with Crippen molar-refractivity contribution in [3.63, 3.8) is 0 Å². The SMILES string of the molecule is CC(C)c1cc(-c2n[nH]c(=O)n2-c2ccc3c(c2)CCN3C(=O)C2CCC(N)CC2)c(O)cc1O.Cl. The summed E-state index contributed by atoms with van der Waals surface area (Å²) in [4.78, 5) is 27.8. The van der Waals surface area contributed by atoms with E-state index in [-0.39, 0.29) is 53.5 Å². The molecule has 1 fully saturated rings. The third kappa shape index (κ3) is 4.49. The van der Waals surface area contributed by atoms with Crippen LogP contribution in [0.3, 0.4) is 0 Å². The number of nitrogens with one attached hydrogen (secondary N) is 1. The van der Waals surface area contributed by atoms with Gasteiger partial charge in [0.15, 0.2) is 5.82 Å². The Kier molecular flexibility index (Phi) is 7.15. The number of nitrogens with two attached hydrogens (primary N) is 1. The lowest BCUT2D eigenvalue weighted by molar-refractivity contribution is -0.123. The minimum Gasteiger partial charge on any atom is -0.508 e. The maximum absolute atomic E-state index is 13.2. The first-order chi connectivity index (χ1) is 16.7. The molecule has 2 heterocycles. The second-order valence-electron chi connectivity index (χ2n) is 9.94. The highest BCUT2D eigenvalue weighted by atomic mass is 35.5. The normalized spacial score (nSPS) is 19.3. The fourth-order valence-electron chi connectivity index (χ4n) is 5.30. The summed E-state index contributed by atoms with van der Waals surface area (Å²) in [6.07, 6.45) is 4.11. The summed E-state index contributed by atoms with van der Waals surface area (Å²) < 4.78 is 1.41. The Bertz CT molecular complexity index is 1340. The number of carbonyl (C=O) groups excluding carboxylic acids is 1. The highest BCUT2D eigenvalue weighted by molar-refractivity contribution is 5.97. The Morgan fingerprint density at radius 3 is 2.53 bits per heavy atom. The number of hydrogen-bond acceptors (Lipinski definition) is 6. The van der Waals surface area contributed by atoms with Crippen LogP contribution in [0.1, 0.15) is 56.6 Å². The molecule has 0 atom stereocenters. The van der Waals surface area contributed by atoms with Crippen LogP contribution in [0.15, 0.2) is 35.1 Å². The van der Waals surface area contributed by atoms with E-state index in [9.17, 15) is 19.8 Å². The van der Waals surface area contributed by atoms with E-state index >= 15 is 0 Å². The number of aromatic amines is 1. The Labute approximate surface area is 215 Å². The first-order valence-corrected chi connectivity index (χ1v) is 12.2. The van der Waals surface area contributed by atoms with Crippen LogP contribution in [0.4, 0.5) is 5.69 Å². The van der Waals surface area contributed by atoms with Gasteiger partial charge in [0.25, 0.3) is 0 Å². The monoisotopic (exact) mass is 513 g/mol. The molecule has 5 rings (SSSR count). The van der Waals surface area contributed by atoms with Crippen molar-refractivity contribution in [1.82, 2.24) is 14.8 Å². The number of anilines is 1. The van der Waals surface area contributed by atoms with Gasteiger partial charge in [0.1, 0.15) is 11.5 Å². The average molecular weight is 514 g/mol. The van der Waals surface area contributed by atoms with Crippen LogP contribution in [-0.2, 0) is 11.2 Å². The molecule has 0 bridgehead atoms. The topological polar surface area (TPSA) is 137 Å². The molecule has 10 heteroatoms. The van der Waals surface area contributed by atoms with Crippen molar-refractivity contribution in [3.05, 3.63) is 51.9 Å². The molecular formula is C26H32ClN5O4. The molecule has 0 spiro atoms. The van der Waals surface area contributed by atoms with Crippen LogP contribution >= 0.6 is 12.4 Å². The zero-order chi connectivity index (χ0) is 24.9. The molecule has 1 amide bonds. The fourth-order valence-corrected chi connectivity index (χ4v) is 5.30. The molecule has 0 unspecified atom stereocenters. The number of H-pyrrole nitrogens is 1. The second kappa shape index (κ2) is 9.99. The summed E-state index contributed by atoms with van der Waals surface area (Å²) >= 11 is 0. The Morgan fingerprint density at radius 1 is 1.11 bits per heavy atom. The van der Waals surface area contributed by atoms with Gasteiger partial charge >= 0.3 is 5.69 Å². The molecule has 9 nitrogen and oxygen atoms in total. The van der Waals surface area contributed by atoms with Gasteiger partial charge in [-0.2, -0.15) is 5.10 Å². The molecule has 1 aromatic heterocycles. The second-order valence-corrected chi connectivity index (χ2v) is 9.94. The Hall–Kier alpha value is -3.30. The number of nitrogens with zero attached hydrogens (tertiary/aromatic N) is 3. The van der Waals surface area contributed by atoms with Crippen molar-refractivity contribution in [2.45, 2.75) is 57.9 Å². The lowest BCUT2D eigenvalue weighted by Crippen LogP contribution is -2.38. The minimum atomic E-state index is -0.442. The van der Waals surface area contributed by atoms with E-state index in [1.165, 1.54) is 10.6 Å². The maximum atomic E-state index is 13.2. The molecule has 1 aliphatic carbocycles. The maximum Gasteiger partial charge on any atom is 0.348 e. The molecule has 2 aliphatic rings. The average Bonchev–Trinajstić information content (AvgIpc) is 3.42. The molecule has 1 aliphatic heterocycles. The van der Waals surface area contributed by atoms with E-state index < -0.39 is 5.69 Å². The van der Waals surface area contributed by atoms with Gasteiger partial charge in [0.2, 0.25) is 5.91 Å². The van der Waals surface area contributed by atoms with Gasteiger partial charge in [-0.3, -0.25) is 4.79 Å². The van der Waals surface area contributed by atoms with Crippen LogP contribution in [0.5, 0.6) is 11.5 Å². The smallest absolute Gasteiger partial charge is 0.348 e. The lowest BCUT2D eigenvalue weighted by atomic mass is 9.85. The predicted molar refractivity (Wildman–Crippen MR) is 140 cm³/mol. The number of rotatable bonds is 4. The van der Waals surface area contributed by atoms with E-state index in [1.54, 1.807) is 12.1 Å². The molecule has 3 aromatic rings. The van der Waals surface area contributed by atoms with Gasteiger partial charge in [0, 0.05) is 30.3 Å². The number of aromatic hydroxyl groups is 2. The number of hydrogen-bond donors (Lipinski definition) is 4. The van der Waals surface area contributed by atoms with Crippen molar-refractivity contribution in [1.29, 1.82) is 0 Å². The first-order valence-electron chi connectivity index (χ1n) is 12.2. The van der Waals surface area contributed by atoms with Crippen molar-refractivity contribution in [2.75, 3.05) is 11.4 Å². The summed E-state index contributed by atoms with van der Waals surface area (Å²) in [6, 6.07) is 8.70. The number of carbonyl (C=O) groups is 1. The molecule has 0 saturated heterocycles. The number of aromatic nitrogens is 3. The van der Waals surface area contributed by atoms with Gasteiger partial charge in [-0.15, -0.1) is 12.4 Å². The van der Waals surface area contributed by atoms with Gasteiger partial charge in [-0.1, -0.05) is 13.8 Å². The Balaban J connectivity index is 0.00000304. The zero-order valence-corrected chi connectivity index (χ0v) is 21.2. The van der Waals surface area contributed by atoms with Gasteiger partial charge < -0.3 is 20.8 Å². The van der Waals surface area contributed by atoms with Crippen LogP contribution in [0, 0.1) is 5.92 Å². The third-order valence-corrected chi connectivity index (χ3v) is 7.28. The van der Waals surface area contributed by atoms with Crippen molar-refractivity contribution < 1.29 is 15.0 Å². The van der Waals surface area contributed by atoms with Crippen LogP contribution in [0.25, 0.3) is 17.1 Å². The van der Waals surface area contributed by atoms with Crippen LogP contribution in [-0.4, -0.2) is 43.5 Å². The standard InChI is InChI=1S/C26H31N5O4.ClH/c1-14(2)19-12-20(23(33)13-22(19)32)24-28-29-26(35)31(24)18-7-8-21-16(11-18)9-10-30(21)25(34)15-3-5-17(27)6-4-15;/h7-8,11-15,17,32-33H,3-6,9-10,27H2,1-2H3,(H,29,35);1H. The van der Waals surface area contributed by atoms with Gasteiger partial charge in [-0.25, -0.2) is 14.5 Å². The molecule has 36 heavy (non-hydrogen) atoms. The van der Waals surface area contributed by atoms with Crippen molar-refractivity contribution >= 4 is 24.0 Å². The van der Waals surface area contributed by atoms with E-state index in [4.69, 9.17) is 5.73 Å². The lowest BCUT2D eigenvalue weighted by Gasteiger charge is -2.29. The quantitative estimate of drug-likeness (QED) is 0.420. The van der Waals surface area contributed by atoms with E-state index in [2.05, 4.69) is 10.2 Å². The summed E-state index contributed by atoms with van der Waals surface area (Å²) in [6.45, 7) is 4.48. The van der Waals surface area contributed by atoms with Crippen LogP contribution in [0.2, 0.25) is 0 Å². The minimum absolute atomic E-state index is 0. The summed E-state index contributed by atoms with van der Waals surface area (Å²) in [5.74, 6) is 0.247. The number of benzene rings is 2. The number of amides is 1. The van der Waals surface area contributed by atoms with Crippen molar-refractivity contribution in [3.8, 4) is 28.6 Å². The first kappa shape index (κ1) is 25.8. The number of phenols is 2. The highest BCUT2D eigenvalue weighted by Gasteiger charge is 2.32. The van der Waals surface area contributed by atoms with Crippen LogP contribution < -0.4 is 16.3 Å². The Morgan fingerprint density at radius 2 is 1.83 bits per heavy atom. The molecule has 2 aromatic carbocycles. The third-order valence-electron chi connectivity index (χ3n) is 7.28. The summed E-state index contributed by atoms with van der Waals surface area (Å²) in [5.41, 5.74) is 9.01. The molecule has 192 valence electrons. The van der Waals surface area contributed by atoms with E-state index in [0.29, 0.717) is 29.8 Å². The van der Waals surface area contributed by atoms with Gasteiger partial charge in [0.05, 0.1) is 11.3 Å². The van der Waals surface area contributed by atoms with E-state index in [1.807, 2.05) is 30.9 Å².